The predicted molar refractivity (Wildman–Crippen MR) is 103 cm³/mol. The van der Waals surface area contributed by atoms with Crippen molar-refractivity contribution in [3.63, 3.8) is 0 Å². The molecular formula is C23H34O5. The van der Waals surface area contributed by atoms with Crippen molar-refractivity contribution in [1.29, 1.82) is 0 Å². The van der Waals surface area contributed by atoms with Crippen LogP contribution in [0.15, 0.2) is 11.6 Å². The summed E-state index contributed by atoms with van der Waals surface area (Å²) in [5, 5.41) is 33.3. The van der Waals surface area contributed by atoms with Crippen LogP contribution in [0.3, 0.4) is 0 Å². The molecule has 0 saturated heterocycles. The van der Waals surface area contributed by atoms with E-state index >= 15 is 0 Å². The molecule has 0 unspecified atom stereocenters. The van der Waals surface area contributed by atoms with Crippen LogP contribution in [0.2, 0.25) is 0 Å². The SMILES string of the molecule is C[C@]12CC[C@H](O)C[C@@H]1CC[C@@H]1[C@@H]2CC[C@]2(C)[C@H](C3=CC(=O)OC3)[C@@H](O)C[C@@]12O. The van der Waals surface area contributed by atoms with Gasteiger partial charge in [0.15, 0.2) is 0 Å². The van der Waals surface area contributed by atoms with Crippen LogP contribution in [0, 0.1) is 34.5 Å². The number of cyclic esters (lactones) is 1. The lowest BCUT2D eigenvalue weighted by atomic mass is 9.43. The van der Waals surface area contributed by atoms with Gasteiger partial charge in [0, 0.05) is 23.8 Å². The number of hydrogen-bond donors (Lipinski definition) is 3. The summed E-state index contributed by atoms with van der Waals surface area (Å²) >= 11 is 0. The lowest BCUT2D eigenvalue weighted by Gasteiger charge is -2.63. The van der Waals surface area contributed by atoms with Gasteiger partial charge in [-0.05, 0) is 73.7 Å². The van der Waals surface area contributed by atoms with Crippen molar-refractivity contribution in [1.82, 2.24) is 0 Å². The third-order valence-electron chi connectivity index (χ3n) is 9.92. The summed E-state index contributed by atoms with van der Waals surface area (Å²) in [6, 6.07) is 0. The van der Waals surface area contributed by atoms with E-state index in [1.807, 2.05) is 0 Å². The monoisotopic (exact) mass is 390 g/mol. The molecule has 0 aromatic rings. The number of carbonyl (C=O) groups is 1. The fourth-order valence-electron chi connectivity index (χ4n) is 8.47. The zero-order valence-corrected chi connectivity index (χ0v) is 17.1. The number of hydrogen-bond acceptors (Lipinski definition) is 5. The number of aliphatic hydroxyl groups excluding tert-OH is 2. The third kappa shape index (κ3) is 2.33. The van der Waals surface area contributed by atoms with E-state index < -0.39 is 17.1 Å². The third-order valence-corrected chi connectivity index (χ3v) is 9.92. The van der Waals surface area contributed by atoms with Gasteiger partial charge in [0.1, 0.15) is 6.61 Å². The Morgan fingerprint density at radius 1 is 1.07 bits per heavy atom. The Kier molecular flexibility index (Phi) is 4.12. The average molecular weight is 391 g/mol. The lowest BCUT2D eigenvalue weighted by molar-refractivity contribution is -0.208. The average Bonchev–Trinajstić information content (AvgIpc) is 3.13. The van der Waals surface area contributed by atoms with E-state index in [-0.39, 0.29) is 35.9 Å². The maximum absolute atomic E-state index is 12.1. The van der Waals surface area contributed by atoms with Crippen LogP contribution in [0.25, 0.3) is 0 Å². The van der Waals surface area contributed by atoms with Gasteiger partial charge in [-0.2, -0.15) is 0 Å². The Morgan fingerprint density at radius 2 is 1.86 bits per heavy atom. The fraction of sp³-hybridized carbons (Fsp3) is 0.870. The molecule has 4 fully saturated rings. The molecule has 1 aliphatic heterocycles. The van der Waals surface area contributed by atoms with Crippen molar-refractivity contribution in [2.75, 3.05) is 6.61 Å². The smallest absolute Gasteiger partial charge is 0.331 e. The van der Waals surface area contributed by atoms with Crippen LogP contribution in [0.4, 0.5) is 0 Å². The minimum atomic E-state index is -0.906. The van der Waals surface area contributed by atoms with Gasteiger partial charge in [-0.1, -0.05) is 13.8 Å². The van der Waals surface area contributed by atoms with Gasteiger partial charge in [0.05, 0.1) is 17.8 Å². The van der Waals surface area contributed by atoms with Crippen LogP contribution < -0.4 is 0 Å². The first-order valence-corrected chi connectivity index (χ1v) is 11.1. The molecule has 28 heavy (non-hydrogen) atoms. The minimum absolute atomic E-state index is 0.170. The molecule has 5 heteroatoms. The van der Waals surface area contributed by atoms with Gasteiger partial charge >= 0.3 is 5.97 Å². The van der Waals surface area contributed by atoms with Crippen molar-refractivity contribution in [2.45, 2.75) is 83.0 Å². The number of aliphatic hydroxyl groups is 3. The van der Waals surface area contributed by atoms with E-state index in [9.17, 15) is 20.1 Å². The van der Waals surface area contributed by atoms with Gasteiger partial charge in [-0.25, -0.2) is 4.79 Å². The van der Waals surface area contributed by atoms with Crippen molar-refractivity contribution < 1.29 is 24.9 Å². The quantitative estimate of drug-likeness (QED) is 0.599. The molecule has 1 heterocycles. The molecule has 5 aliphatic rings. The van der Waals surface area contributed by atoms with Crippen molar-refractivity contribution in [2.24, 2.45) is 34.5 Å². The van der Waals surface area contributed by atoms with Crippen LogP contribution in [-0.2, 0) is 9.53 Å². The van der Waals surface area contributed by atoms with Gasteiger partial charge < -0.3 is 20.1 Å². The summed E-state index contributed by atoms with van der Waals surface area (Å²) in [5.74, 6) is 0.627. The highest BCUT2D eigenvalue weighted by molar-refractivity contribution is 5.85. The maximum Gasteiger partial charge on any atom is 0.331 e. The van der Waals surface area contributed by atoms with Gasteiger partial charge in [-0.3, -0.25) is 0 Å². The first-order chi connectivity index (χ1) is 13.2. The summed E-state index contributed by atoms with van der Waals surface area (Å²) in [6.45, 7) is 4.77. The summed E-state index contributed by atoms with van der Waals surface area (Å²) < 4.78 is 5.14. The summed E-state index contributed by atoms with van der Waals surface area (Å²) in [4.78, 5) is 11.7. The highest BCUT2D eigenvalue weighted by Gasteiger charge is 2.70. The number of esters is 1. The van der Waals surface area contributed by atoms with E-state index in [4.69, 9.17) is 4.74 Å². The van der Waals surface area contributed by atoms with Gasteiger partial charge in [0.25, 0.3) is 0 Å². The fourth-order valence-corrected chi connectivity index (χ4v) is 8.47. The standard InChI is InChI=1S/C23H34O5/c1-21-7-5-15(24)10-14(21)3-4-17-16(21)6-8-22(2)20(13-9-19(26)28-12-13)18(25)11-23(17,22)27/h9,14-18,20,24-25,27H,3-8,10-12H2,1-2H3/t14-,15-,16-,17+,18-,20+,21-,22+,23+/m0/s1. The Hall–Kier alpha value is -0.910. The molecule has 156 valence electrons. The van der Waals surface area contributed by atoms with Crippen molar-refractivity contribution in [3.05, 3.63) is 11.6 Å². The second-order valence-corrected chi connectivity index (χ2v) is 10.9. The second-order valence-electron chi connectivity index (χ2n) is 10.9. The van der Waals surface area contributed by atoms with E-state index in [1.54, 1.807) is 0 Å². The highest BCUT2D eigenvalue weighted by Crippen LogP contribution is 2.69. The zero-order chi connectivity index (χ0) is 19.9. The number of fused-ring (bicyclic) bond motifs is 5. The molecule has 0 aromatic carbocycles. The van der Waals surface area contributed by atoms with E-state index in [2.05, 4.69) is 13.8 Å². The second kappa shape index (κ2) is 6.05. The Balaban J connectivity index is 1.50. The number of carbonyl (C=O) groups excluding carboxylic acids is 1. The molecule has 0 spiro atoms. The normalized spacial score (nSPS) is 55.8. The summed E-state index contributed by atoms with van der Waals surface area (Å²) in [7, 11) is 0. The molecule has 4 saturated carbocycles. The van der Waals surface area contributed by atoms with Crippen molar-refractivity contribution in [3.8, 4) is 0 Å². The van der Waals surface area contributed by atoms with Crippen LogP contribution in [0.5, 0.6) is 0 Å². The van der Waals surface area contributed by atoms with E-state index in [0.29, 0.717) is 18.3 Å². The van der Waals surface area contributed by atoms with Crippen LogP contribution >= 0.6 is 0 Å². The first kappa shape index (κ1) is 19.1. The molecule has 0 amide bonds. The molecule has 0 radical (unpaired) electrons. The molecule has 0 aromatic heterocycles. The molecule has 4 aliphatic carbocycles. The van der Waals surface area contributed by atoms with Crippen LogP contribution in [0.1, 0.15) is 65.2 Å². The van der Waals surface area contributed by atoms with Gasteiger partial charge in [-0.15, -0.1) is 0 Å². The molecule has 9 atom stereocenters. The predicted octanol–water partition coefficient (Wildman–Crippen LogP) is 2.58. The van der Waals surface area contributed by atoms with Gasteiger partial charge in [0.2, 0.25) is 0 Å². The van der Waals surface area contributed by atoms with E-state index in [0.717, 1.165) is 50.5 Å². The first-order valence-electron chi connectivity index (χ1n) is 11.1. The largest absolute Gasteiger partial charge is 0.458 e. The topological polar surface area (TPSA) is 87.0 Å². The molecule has 5 nitrogen and oxygen atoms in total. The maximum atomic E-state index is 12.1. The number of rotatable bonds is 1. The summed E-state index contributed by atoms with van der Waals surface area (Å²) in [5.41, 5.74) is -0.301. The Morgan fingerprint density at radius 3 is 2.57 bits per heavy atom. The van der Waals surface area contributed by atoms with E-state index in [1.165, 1.54) is 6.08 Å². The molecule has 0 bridgehead atoms. The molecule has 5 rings (SSSR count). The molecule has 3 N–H and O–H groups in total. The Labute approximate surface area is 167 Å². The molecular weight excluding hydrogens is 356 g/mol. The minimum Gasteiger partial charge on any atom is -0.458 e. The zero-order valence-electron chi connectivity index (χ0n) is 17.1. The Bertz CT molecular complexity index is 718. The summed E-state index contributed by atoms with van der Waals surface area (Å²) in [6.07, 6.45) is 7.87. The highest BCUT2D eigenvalue weighted by atomic mass is 16.5. The van der Waals surface area contributed by atoms with Crippen molar-refractivity contribution >= 4 is 5.97 Å². The van der Waals surface area contributed by atoms with Crippen LogP contribution in [-0.4, -0.2) is 45.7 Å². The number of ether oxygens (including phenoxy) is 1. The lowest BCUT2D eigenvalue weighted by Crippen LogP contribution is -2.62.